The smallest absolute Gasteiger partial charge is 0.216 e. The average Bonchev–Trinajstić information content (AvgIpc) is 2.50. The highest BCUT2D eigenvalue weighted by atomic mass is 32.2. The Morgan fingerprint density at radius 3 is 2.48 bits per heavy atom. The normalized spacial score (nSPS) is 10.4. The summed E-state index contributed by atoms with van der Waals surface area (Å²) in [5.41, 5.74) is 2.16. The molecule has 0 radical (unpaired) electrons. The zero-order valence-electron chi connectivity index (χ0n) is 13.8. The number of allylic oxidation sites excluding steroid dienone is 1. The van der Waals surface area contributed by atoms with Crippen LogP contribution in [0.2, 0.25) is 0 Å². The fourth-order valence-electron chi connectivity index (χ4n) is 1.57. The van der Waals surface area contributed by atoms with Gasteiger partial charge in [-0.05, 0) is 43.7 Å². The van der Waals surface area contributed by atoms with Crippen molar-refractivity contribution >= 4 is 28.9 Å². The van der Waals surface area contributed by atoms with Crippen LogP contribution in [0.5, 0.6) is 5.75 Å². The second-order valence-electron chi connectivity index (χ2n) is 5.15. The summed E-state index contributed by atoms with van der Waals surface area (Å²) in [6.45, 7) is 6.57. The Labute approximate surface area is 142 Å². The Balaban J connectivity index is 2.37. The van der Waals surface area contributed by atoms with Gasteiger partial charge in [-0.2, -0.15) is 0 Å². The van der Waals surface area contributed by atoms with Crippen LogP contribution in [0.25, 0.3) is 6.08 Å². The molecule has 1 rings (SSSR count). The molecule has 0 aliphatic heterocycles. The van der Waals surface area contributed by atoms with Crippen molar-refractivity contribution in [1.82, 2.24) is 5.32 Å². The number of carbonyl (C=O) groups excluding carboxylic acids is 2. The van der Waals surface area contributed by atoms with Crippen LogP contribution < -0.4 is 10.1 Å². The van der Waals surface area contributed by atoms with Gasteiger partial charge in [-0.3, -0.25) is 9.59 Å². The minimum absolute atomic E-state index is 0.0285. The number of rotatable bonds is 8. The lowest BCUT2D eigenvalue weighted by molar-refractivity contribution is -0.118. The lowest BCUT2D eigenvalue weighted by Gasteiger charge is -2.03. The first-order valence-electron chi connectivity index (χ1n) is 7.43. The predicted molar refractivity (Wildman–Crippen MR) is 96.6 cm³/mol. The van der Waals surface area contributed by atoms with Crippen molar-refractivity contribution in [2.45, 2.75) is 20.8 Å². The molecule has 0 spiro atoms. The summed E-state index contributed by atoms with van der Waals surface area (Å²) in [5.74, 6) is 1.29. The van der Waals surface area contributed by atoms with Gasteiger partial charge in [0.05, 0.1) is 0 Å². The molecule has 1 aromatic rings. The third-order valence-corrected chi connectivity index (χ3v) is 3.58. The largest absolute Gasteiger partial charge is 0.490 e. The Bertz CT molecular complexity index is 572. The van der Waals surface area contributed by atoms with Crippen molar-refractivity contribution in [3.05, 3.63) is 47.6 Å². The number of nitrogens with one attached hydrogen (secondary N) is 1. The van der Waals surface area contributed by atoms with E-state index in [9.17, 15) is 9.59 Å². The molecule has 0 unspecified atom stereocenters. The highest BCUT2D eigenvalue weighted by Gasteiger charge is 1.99. The second-order valence-corrected chi connectivity index (χ2v) is 6.24. The third kappa shape index (κ3) is 9.58. The van der Waals surface area contributed by atoms with Gasteiger partial charge < -0.3 is 10.1 Å². The lowest BCUT2D eigenvalue weighted by Crippen LogP contribution is -2.22. The van der Waals surface area contributed by atoms with Crippen LogP contribution >= 0.6 is 11.8 Å². The van der Waals surface area contributed by atoms with E-state index in [2.05, 4.69) is 5.32 Å². The molecule has 0 bridgehead atoms. The van der Waals surface area contributed by atoms with E-state index in [4.69, 9.17) is 4.74 Å². The van der Waals surface area contributed by atoms with Gasteiger partial charge in [-0.1, -0.05) is 35.5 Å². The minimum atomic E-state index is -0.0829. The molecule has 0 atom stereocenters. The topological polar surface area (TPSA) is 55.4 Å². The molecular weight excluding hydrogens is 310 g/mol. The Morgan fingerprint density at radius 2 is 1.87 bits per heavy atom. The maximum Gasteiger partial charge on any atom is 0.216 e. The monoisotopic (exact) mass is 333 g/mol. The quantitative estimate of drug-likeness (QED) is 0.450. The first-order chi connectivity index (χ1) is 11.0. The fourth-order valence-corrected chi connectivity index (χ4v) is 2.14. The summed E-state index contributed by atoms with van der Waals surface area (Å²) in [6.07, 6.45) is 5.33. The predicted octanol–water partition coefficient (Wildman–Crippen LogP) is 3.44. The molecule has 1 amide bonds. The number of amides is 1. The van der Waals surface area contributed by atoms with E-state index >= 15 is 0 Å². The van der Waals surface area contributed by atoms with Crippen LogP contribution in [-0.2, 0) is 9.59 Å². The molecule has 0 aromatic heterocycles. The van der Waals surface area contributed by atoms with Gasteiger partial charge in [0.1, 0.15) is 12.4 Å². The molecule has 0 fully saturated rings. The second kappa shape index (κ2) is 10.7. The summed E-state index contributed by atoms with van der Waals surface area (Å²) in [6, 6.07) is 7.58. The van der Waals surface area contributed by atoms with Crippen molar-refractivity contribution in [1.29, 1.82) is 0 Å². The molecule has 124 valence electrons. The van der Waals surface area contributed by atoms with Crippen molar-refractivity contribution in [2.24, 2.45) is 0 Å². The van der Waals surface area contributed by atoms with Crippen molar-refractivity contribution < 1.29 is 14.3 Å². The van der Waals surface area contributed by atoms with Crippen LogP contribution in [0.3, 0.4) is 0 Å². The average molecular weight is 333 g/mol. The molecule has 0 aliphatic rings. The van der Waals surface area contributed by atoms with E-state index in [-0.39, 0.29) is 11.0 Å². The molecular formula is C18H23NO3S. The molecule has 0 saturated heterocycles. The van der Waals surface area contributed by atoms with Gasteiger partial charge in [0, 0.05) is 19.2 Å². The van der Waals surface area contributed by atoms with Crippen LogP contribution in [-0.4, -0.2) is 29.9 Å². The van der Waals surface area contributed by atoms with E-state index in [0.29, 0.717) is 18.9 Å². The highest BCUT2D eigenvalue weighted by Crippen LogP contribution is 2.14. The van der Waals surface area contributed by atoms with Gasteiger partial charge in [0.25, 0.3) is 0 Å². The molecule has 0 saturated carbocycles. The maximum absolute atomic E-state index is 11.7. The van der Waals surface area contributed by atoms with Gasteiger partial charge in [-0.15, -0.1) is 0 Å². The van der Waals surface area contributed by atoms with E-state index in [1.807, 2.05) is 44.2 Å². The maximum atomic E-state index is 11.7. The molecule has 23 heavy (non-hydrogen) atoms. The van der Waals surface area contributed by atoms with Crippen LogP contribution in [0.15, 0.2) is 42.0 Å². The van der Waals surface area contributed by atoms with E-state index < -0.39 is 0 Å². The molecule has 4 nitrogen and oxygen atoms in total. The summed E-state index contributed by atoms with van der Waals surface area (Å²) >= 11 is 1.18. The number of thioether (sulfide) groups is 1. The number of hydrogen-bond acceptors (Lipinski definition) is 4. The van der Waals surface area contributed by atoms with Gasteiger partial charge in [-0.25, -0.2) is 0 Å². The molecule has 0 heterocycles. The minimum Gasteiger partial charge on any atom is -0.490 e. The lowest BCUT2D eigenvalue weighted by atomic mass is 10.2. The summed E-state index contributed by atoms with van der Waals surface area (Å²) < 4.78 is 5.58. The standard InChI is InChI=1S/C18H23NO3S/c1-14(2)10-12-22-17-7-4-16(5-8-17)6-9-18(21)23-13-11-19-15(3)20/h4-10H,11-13H2,1-3H3,(H,19,20)/b9-6+. The summed E-state index contributed by atoms with van der Waals surface area (Å²) in [5, 5.41) is 2.62. The number of carbonyl (C=O) groups is 2. The SMILES string of the molecule is CC(=O)NCCSC(=O)/C=C/c1ccc(OCC=C(C)C)cc1. The van der Waals surface area contributed by atoms with Gasteiger partial charge in [0.2, 0.25) is 11.0 Å². The van der Waals surface area contributed by atoms with Gasteiger partial charge in [0.15, 0.2) is 0 Å². The Hall–Kier alpha value is -2.01. The van der Waals surface area contributed by atoms with E-state index in [0.717, 1.165) is 11.3 Å². The zero-order valence-corrected chi connectivity index (χ0v) is 14.6. The molecule has 0 aliphatic carbocycles. The Kier molecular flexibility index (Phi) is 8.83. The number of ether oxygens (including phenoxy) is 1. The summed E-state index contributed by atoms with van der Waals surface area (Å²) in [4.78, 5) is 22.4. The van der Waals surface area contributed by atoms with E-state index in [1.165, 1.54) is 30.3 Å². The van der Waals surface area contributed by atoms with Gasteiger partial charge >= 0.3 is 0 Å². The fraction of sp³-hybridized carbons (Fsp3) is 0.333. The third-order valence-electron chi connectivity index (χ3n) is 2.75. The first-order valence-corrected chi connectivity index (χ1v) is 8.41. The zero-order chi connectivity index (χ0) is 17.1. The van der Waals surface area contributed by atoms with Crippen LogP contribution in [0.1, 0.15) is 26.3 Å². The molecule has 1 N–H and O–H groups in total. The van der Waals surface area contributed by atoms with Crippen molar-refractivity contribution in [3.8, 4) is 5.75 Å². The molecule has 5 heteroatoms. The van der Waals surface area contributed by atoms with E-state index in [1.54, 1.807) is 6.08 Å². The first kappa shape index (κ1) is 19.0. The number of hydrogen-bond donors (Lipinski definition) is 1. The summed E-state index contributed by atoms with van der Waals surface area (Å²) in [7, 11) is 0. The van der Waals surface area contributed by atoms with Crippen LogP contribution in [0, 0.1) is 0 Å². The van der Waals surface area contributed by atoms with Crippen molar-refractivity contribution in [2.75, 3.05) is 18.9 Å². The van der Waals surface area contributed by atoms with Crippen molar-refractivity contribution in [3.63, 3.8) is 0 Å². The number of benzene rings is 1. The van der Waals surface area contributed by atoms with Crippen LogP contribution in [0.4, 0.5) is 0 Å². The molecule has 1 aromatic carbocycles. The Morgan fingerprint density at radius 1 is 1.17 bits per heavy atom. The highest BCUT2D eigenvalue weighted by molar-refractivity contribution is 8.14.